The average Bonchev–Trinajstić information content (AvgIpc) is 2.40. The molecule has 3 nitrogen and oxygen atoms in total. The van der Waals surface area contributed by atoms with Gasteiger partial charge in [-0.15, -0.1) is 0 Å². The number of rotatable bonds is 3. The van der Waals surface area contributed by atoms with Crippen LogP contribution < -0.4 is 16.2 Å². The Morgan fingerprint density at radius 3 is 2.74 bits per heavy atom. The quantitative estimate of drug-likeness (QED) is 0.587. The molecule has 1 aliphatic carbocycles. The van der Waals surface area contributed by atoms with Gasteiger partial charge in [-0.05, 0) is 43.1 Å². The molecule has 0 radical (unpaired) electrons. The molecule has 19 heavy (non-hydrogen) atoms. The predicted molar refractivity (Wildman–Crippen MR) is 85.4 cm³/mol. The van der Waals surface area contributed by atoms with Gasteiger partial charge in [-0.3, -0.25) is 10.9 Å². The summed E-state index contributed by atoms with van der Waals surface area (Å²) in [7, 11) is 0. The highest BCUT2D eigenvalue weighted by Crippen LogP contribution is 2.23. The van der Waals surface area contributed by atoms with Crippen LogP contribution in [0.25, 0.3) is 0 Å². The maximum absolute atomic E-state index is 6.06. The second-order valence-corrected chi connectivity index (χ2v) is 5.89. The monoisotopic (exact) mass is 297 g/mol. The molecule has 1 aromatic carbocycles. The first-order chi connectivity index (χ1) is 9.16. The molecule has 2 rings (SSSR count). The molecule has 1 fully saturated rings. The van der Waals surface area contributed by atoms with Crippen molar-refractivity contribution in [3.63, 3.8) is 0 Å². The molecule has 0 saturated heterocycles. The van der Waals surface area contributed by atoms with E-state index in [1.54, 1.807) is 0 Å². The van der Waals surface area contributed by atoms with Gasteiger partial charge in [0.2, 0.25) is 0 Å². The van der Waals surface area contributed by atoms with Crippen LogP contribution in [0.2, 0.25) is 5.02 Å². The van der Waals surface area contributed by atoms with E-state index in [9.17, 15) is 0 Å². The van der Waals surface area contributed by atoms with Gasteiger partial charge in [-0.25, -0.2) is 0 Å². The first kappa shape index (κ1) is 14.4. The minimum atomic E-state index is 0.474. The van der Waals surface area contributed by atoms with E-state index in [-0.39, 0.29) is 0 Å². The van der Waals surface area contributed by atoms with Crippen LogP contribution in [0, 0.1) is 5.92 Å². The van der Waals surface area contributed by atoms with Crippen LogP contribution in [0.1, 0.15) is 32.6 Å². The molecular weight excluding hydrogens is 278 g/mol. The van der Waals surface area contributed by atoms with Gasteiger partial charge in [0.05, 0.1) is 10.7 Å². The Morgan fingerprint density at radius 2 is 2.00 bits per heavy atom. The van der Waals surface area contributed by atoms with E-state index in [0.717, 1.165) is 5.69 Å². The van der Waals surface area contributed by atoms with Crippen LogP contribution in [-0.2, 0) is 0 Å². The Morgan fingerprint density at radius 1 is 1.26 bits per heavy atom. The summed E-state index contributed by atoms with van der Waals surface area (Å²) in [6.07, 6.45) is 5.08. The maximum Gasteiger partial charge on any atom is 0.185 e. The summed E-state index contributed by atoms with van der Waals surface area (Å²) in [6.45, 7) is 2.28. The zero-order valence-corrected chi connectivity index (χ0v) is 12.7. The minimum Gasteiger partial charge on any atom is -0.358 e. The maximum atomic E-state index is 6.06. The number of anilines is 1. The fourth-order valence-corrected chi connectivity index (χ4v) is 2.81. The third-order valence-corrected chi connectivity index (χ3v) is 4.16. The lowest BCUT2D eigenvalue weighted by atomic mass is 9.86. The molecule has 2 atom stereocenters. The molecule has 3 N–H and O–H groups in total. The molecule has 0 unspecified atom stereocenters. The Kier molecular flexibility index (Phi) is 5.28. The predicted octanol–water partition coefficient (Wildman–Crippen LogP) is 3.71. The third kappa shape index (κ3) is 4.25. The van der Waals surface area contributed by atoms with Gasteiger partial charge < -0.3 is 5.32 Å². The average molecular weight is 298 g/mol. The molecule has 0 amide bonds. The van der Waals surface area contributed by atoms with Crippen molar-refractivity contribution in [3.05, 3.63) is 29.3 Å². The lowest BCUT2D eigenvalue weighted by Crippen LogP contribution is -2.47. The largest absolute Gasteiger partial charge is 0.358 e. The van der Waals surface area contributed by atoms with Crippen LogP contribution in [-0.4, -0.2) is 11.2 Å². The van der Waals surface area contributed by atoms with Crippen molar-refractivity contribution < 1.29 is 0 Å². The molecule has 0 aromatic heterocycles. The van der Waals surface area contributed by atoms with E-state index in [4.69, 9.17) is 23.8 Å². The first-order valence-corrected chi connectivity index (χ1v) is 7.52. The van der Waals surface area contributed by atoms with Crippen molar-refractivity contribution in [2.75, 3.05) is 5.43 Å². The number of benzene rings is 1. The molecular formula is C14H20ClN3S. The number of thiocarbonyl (C=S) groups is 1. The van der Waals surface area contributed by atoms with Crippen LogP contribution in [0.15, 0.2) is 24.3 Å². The van der Waals surface area contributed by atoms with Crippen LogP contribution in [0.3, 0.4) is 0 Å². The number of para-hydroxylation sites is 1. The molecule has 0 aliphatic heterocycles. The van der Waals surface area contributed by atoms with Crippen LogP contribution in [0.5, 0.6) is 0 Å². The Labute approximate surface area is 125 Å². The summed E-state index contributed by atoms with van der Waals surface area (Å²) in [6, 6.07) is 8.04. The Hall–Kier alpha value is -1.00. The van der Waals surface area contributed by atoms with E-state index in [2.05, 4.69) is 23.1 Å². The van der Waals surface area contributed by atoms with Gasteiger partial charge >= 0.3 is 0 Å². The number of halogens is 1. The van der Waals surface area contributed by atoms with Gasteiger partial charge in [0.1, 0.15) is 0 Å². The summed E-state index contributed by atoms with van der Waals surface area (Å²) >= 11 is 11.4. The highest BCUT2D eigenvalue weighted by atomic mass is 35.5. The van der Waals surface area contributed by atoms with Crippen molar-refractivity contribution >= 4 is 34.6 Å². The number of hydrogen-bond donors (Lipinski definition) is 3. The lowest BCUT2D eigenvalue weighted by Gasteiger charge is -2.30. The van der Waals surface area contributed by atoms with Crippen molar-refractivity contribution in [1.82, 2.24) is 10.7 Å². The van der Waals surface area contributed by atoms with E-state index in [0.29, 0.717) is 22.1 Å². The molecule has 0 heterocycles. The highest BCUT2D eigenvalue weighted by molar-refractivity contribution is 7.80. The molecule has 1 saturated carbocycles. The van der Waals surface area contributed by atoms with Gasteiger partial charge in [-0.1, -0.05) is 43.5 Å². The topological polar surface area (TPSA) is 36.1 Å². The summed E-state index contributed by atoms with van der Waals surface area (Å²) < 4.78 is 0. The van der Waals surface area contributed by atoms with E-state index < -0.39 is 0 Å². The summed E-state index contributed by atoms with van der Waals surface area (Å²) in [5.74, 6) is 0.675. The molecule has 1 aliphatic rings. The fourth-order valence-electron chi connectivity index (χ4n) is 2.42. The summed E-state index contributed by atoms with van der Waals surface area (Å²) in [4.78, 5) is 0. The van der Waals surface area contributed by atoms with Gasteiger partial charge in [0.25, 0.3) is 0 Å². The minimum absolute atomic E-state index is 0.474. The van der Waals surface area contributed by atoms with Gasteiger partial charge in [0, 0.05) is 6.04 Å². The standard InChI is InChI=1S/C14H20ClN3S/c1-10-6-2-4-8-12(10)16-14(19)18-17-13-9-5-3-7-11(13)15/h3,5,7,9-10,12,17H,2,4,6,8H2,1H3,(H2,16,18,19)/t10-,12+/m1/s1. The molecule has 0 spiro atoms. The van der Waals surface area contributed by atoms with E-state index >= 15 is 0 Å². The fraction of sp³-hybridized carbons (Fsp3) is 0.500. The van der Waals surface area contributed by atoms with Crippen molar-refractivity contribution in [3.8, 4) is 0 Å². The van der Waals surface area contributed by atoms with Crippen LogP contribution in [0.4, 0.5) is 5.69 Å². The van der Waals surface area contributed by atoms with Gasteiger partial charge in [0.15, 0.2) is 5.11 Å². The van der Waals surface area contributed by atoms with Crippen molar-refractivity contribution in [2.24, 2.45) is 5.92 Å². The smallest absolute Gasteiger partial charge is 0.185 e. The Balaban J connectivity index is 1.80. The van der Waals surface area contributed by atoms with Crippen molar-refractivity contribution in [1.29, 1.82) is 0 Å². The molecule has 104 valence electrons. The van der Waals surface area contributed by atoms with Crippen LogP contribution >= 0.6 is 23.8 Å². The zero-order chi connectivity index (χ0) is 13.7. The van der Waals surface area contributed by atoms with Crippen molar-refractivity contribution in [2.45, 2.75) is 38.6 Å². The number of hydrazine groups is 1. The normalized spacial score (nSPS) is 22.6. The van der Waals surface area contributed by atoms with E-state index in [1.165, 1.54) is 25.7 Å². The summed E-state index contributed by atoms with van der Waals surface area (Å²) in [5, 5.41) is 4.67. The summed E-state index contributed by atoms with van der Waals surface area (Å²) in [5.41, 5.74) is 6.85. The Bertz CT molecular complexity index is 438. The molecule has 0 bridgehead atoms. The second kappa shape index (κ2) is 6.96. The first-order valence-electron chi connectivity index (χ1n) is 6.74. The molecule has 1 aromatic rings. The zero-order valence-electron chi connectivity index (χ0n) is 11.1. The van der Waals surface area contributed by atoms with Gasteiger partial charge in [-0.2, -0.15) is 0 Å². The molecule has 5 heteroatoms. The third-order valence-electron chi connectivity index (χ3n) is 3.61. The SMILES string of the molecule is C[C@@H]1CCCC[C@@H]1NC(=S)NNc1ccccc1Cl. The number of nitrogens with one attached hydrogen (secondary N) is 3. The highest BCUT2D eigenvalue weighted by Gasteiger charge is 2.21. The lowest BCUT2D eigenvalue weighted by molar-refractivity contribution is 0.308. The number of hydrogen-bond acceptors (Lipinski definition) is 2. The van der Waals surface area contributed by atoms with E-state index in [1.807, 2.05) is 24.3 Å². The second-order valence-electron chi connectivity index (χ2n) is 5.07.